The van der Waals surface area contributed by atoms with Crippen molar-refractivity contribution in [2.45, 2.75) is 13.0 Å². The smallest absolute Gasteiger partial charge is 0.353 e. The molecule has 0 amide bonds. The number of nitro groups is 1. The molecule has 0 radical (unpaired) electrons. The Morgan fingerprint density at radius 2 is 1.63 bits per heavy atom. The lowest BCUT2D eigenvalue weighted by Crippen LogP contribution is -2.12. The molecule has 0 spiro atoms. The second kappa shape index (κ2) is 10.1. The number of aromatic nitrogens is 2. The van der Waals surface area contributed by atoms with E-state index in [0.29, 0.717) is 31.0 Å². The van der Waals surface area contributed by atoms with Crippen LogP contribution in [-0.4, -0.2) is 35.7 Å². The van der Waals surface area contributed by atoms with Crippen molar-refractivity contribution >= 4 is 17.3 Å². The molecule has 2 aromatic carbocycles. The number of nitrogens with zero attached hydrogens (tertiary/aromatic N) is 3. The molecule has 1 aromatic heterocycles. The Balaban J connectivity index is 1.69. The summed E-state index contributed by atoms with van der Waals surface area (Å²) >= 11 is 0. The van der Waals surface area contributed by atoms with Gasteiger partial charge in [-0.15, -0.1) is 0 Å². The molecule has 0 atom stereocenters. The van der Waals surface area contributed by atoms with E-state index in [1.807, 2.05) is 48.5 Å². The van der Waals surface area contributed by atoms with Crippen LogP contribution in [0, 0.1) is 10.1 Å². The van der Waals surface area contributed by atoms with Gasteiger partial charge in [0, 0.05) is 13.1 Å². The summed E-state index contributed by atoms with van der Waals surface area (Å²) < 4.78 is 10.5. The second-order valence-electron chi connectivity index (χ2n) is 6.38. The number of ether oxygens (including phenoxy) is 2. The van der Waals surface area contributed by atoms with Crippen molar-refractivity contribution in [3.05, 3.63) is 76.1 Å². The highest BCUT2D eigenvalue weighted by Crippen LogP contribution is 2.30. The van der Waals surface area contributed by atoms with Crippen molar-refractivity contribution in [2.24, 2.45) is 0 Å². The van der Waals surface area contributed by atoms with E-state index in [9.17, 15) is 10.1 Å². The summed E-state index contributed by atoms with van der Waals surface area (Å²) in [7, 11) is 3.16. The third-order valence-corrected chi connectivity index (χ3v) is 4.46. The van der Waals surface area contributed by atoms with E-state index in [2.05, 4.69) is 20.6 Å². The van der Waals surface area contributed by atoms with Crippen molar-refractivity contribution in [3.63, 3.8) is 0 Å². The first-order valence-corrected chi connectivity index (χ1v) is 9.34. The topological polar surface area (TPSA) is 111 Å². The summed E-state index contributed by atoms with van der Waals surface area (Å²) in [4.78, 5) is 19.3. The molecule has 0 fully saturated rings. The predicted molar refractivity (Wildman–Crippen MR) is 114 cm³/mol. The Labute approximate surface area is 174 Å². The van der Waals surface area contributed by atoms with Gasteiger partial charge in [-0.3, -0.25) is 10.1 Å². The van der Waals surface area contributed by atoms with Crippen molar-refractivity contribution in [3.8, 4) is 11.5 Å². The summed E-state index contributed by atoms with van der Waals surface area (Å²) in [6.07, 6.45) is 1.92. The van der Waals surface area contributed by atoms with Crippen LogP contribution in [0.1, 0.15) is 11.1 Å². The van der Waals surface area contributed by atoms with E-state index in [4.69, 9.17) is 9.47 Å². The zero-order chi connectivity index (χ0) is 21.3. The molecular formula is C21H23N5O4. The fourth-order valence-corrected chi connectivity index (χ4v) is 2.95. The summed E-state index contributed by atoms with van der Waals surface area (Å²) in [5, 5.41) is 17.7. The summed E-state index contributed by atoms with van der Waals surface area (Å²) in [6, 6.07) is 15.2. The Hall–Kier alpha value is -3.88. The average molecular weight is 409 g/mol. The molecule has 0 aliphatic heterocycles. The van der Waals surface area contributed by atoms with E-state index in [-0.39, 0.29) is 17.3 Å². The zero-order valence-corrected chi connectivity index (χ0v) is 16.8. The van der Waals surface area contributed by atoms with Gasteiger partial charge in [0.05, 0.1) is 19.1 Å². The fourth-order valence-electron chi connectivity index (χ4n) is 2.95. The highest BCUT2D eigenvalue weighted by atomic mass is 16.6. The number of methoxy groups -OCH3 is 2. The van der Waals surface area contributed by atoms with Gasteiger partial charge >= 0.3 is 5.69 Å². The number of rotatable bonds is 10. The van der Waals surface area contributed by atoms with Gasteiger partial charge in [-0.25, -0.2) is 9.97 Å². The first kappa shape index (κ1) is 20.8. The van der Waals surface area contributed by atoms with Crippen LogP contribution in [0.3, 0.4) is 0 Å². The molecule has 0 aliphatic carbocycles. The van der Waals surface area contributed by atoms with E-state index in [0.717, 1.165) is 11.1 Å². The maximum atomic E-state index is 11.7. The monoisotopic (exact) mass is 409 g/mol. The molecule has 0 bridgehead atoms. The summed E-state index contributed by atoms with van der Waals surface area (Å²) in [5.41, 5.74) is 1.81. The Morgan fingerprint density at radius 3 is 2.30 bits per heavy atom. The number of nitrogens with one attached hydrogen (secondary N) is 2. The van der Waals surface area contributed by atoms with Gasteiger partial charge in [-0.2, -0.15) is 0 Å². The molecule has 1 heterocycles. The minimum absolute atomic E-state index is 0.172. The Morgan fingerprint density at radius 1 is 0.933 bits per heavy atom. The van der Waals surface area contributed by atoms with Crippen LogP contribution in [0.15, 0.2) is 54.9 Å². The average Bonchev–Trinajstić information content (AvgIpc) is 2.78. The van der Waals surface area contributed by atoms with Crippen molar-refractivity contribution < 1.29 is 14.4 Å². The van der Waals surface area contributed by atoms with Gasteiger partial charge in [0.25, 0.3) is 0 Å². The van der Waals surface area contributed by atoms with Gasteiger partial charge in [0.15, 0.2) is 11.5 Å². The SMILES string of the molecule is COc1ccc(CCNc2ncnc(NCc3ccccc3)c2[N+](=O)[O-])cc1OC. The molecule has 0 saturated heterocycles. The van der Waals surface area contributed by atoms with Crippen LogP contribution in [0.4, 0.5) is 17.3 Å². The molecule has 3 aromatic rings. The van der Waals surface area contributed by atoms with Crippen LogP contribution >= 0.6 is 0 Å². The van der Waals surface area contributed by atoms with Gasteiger partial charge in [-0.05, 0) is 29.7 Å². The molecule has 30 heavy (non-hydrogen) atoms. The lowest BCUT2D eigenvalue weighted by molar-refractivity contribution is -0.383. The van der Waals surface area contributed by atoms with E-state index in [1.165, 1.54) is 6.33 Å². The molecule has 0 aliphatic rings. The van der Waals surface area contributed by atoms with Crippen molar-refractivity contribution in [1.29, 1.82) is 0 Å². The number of hydrogen-bond donors (Lipinski definition) is 2. The van der Waals surface area contributed by atoms with Gasteiger partial charge in [0.1, 0.15) is 6.33 Å². The van der Waals surface area contributed by atoms with Gasteiger partial charge in [0.2, 0.25) is 11.6 Å². The normalized spacial score (nSPS) is 10.3. The molecule has 0 saturated carbocycles. The van der Waals surface area contributed by atoms with E-state index >= 15 is 0 Å². The van der Waals surface area contributed by atoms with Crippen LogP contribution in [0.25, 0.3) is 0 Å². The predicted octanol–water partition coefficient (Wildman–Crippen LogP) is 3.67. The first-order valence-electron chi connectivity index (χ1n) is 9.34. The van der Waals surface area contributed by atoms with Crippen molar-refractivity contribution in [2.75, 3.05) is 31.4 Å². The minimum atomic E-state index is -0.480. The molecule has 0 unspecified atom stereocenters. The first-order chi connectivity index (χ1) is 14.6. The zero-order valence-electron chi connectivity index (χ0n) is 16.8. The number of hydrogen-bond acceptors (Lipinski definition) is 8. The largest absolute Gasteiger partial charge is 0.493 e. The van der Waals surface area contributed by atoms with Crippen LogP contribution < -0.4 is 20.1 Å². The molecule has 156 valence electrons. The number of benzene rings is 2. The lowest BCUT2D eigenvalue weighted by Gasteiger charge is -2.11. The quantitative estimate of drug-likeness (QED) is 0.385. The summed E-state index contributed by atoms with van der Waals surface area (Å²) in [5.74, 6) is 1.63. The third kappa shape index (κ3) is 5.13. The maximum Gasteiger partial charge on any atom is 0.353 e. The highest BCUT2D eigenvalue weighted by molar-refractivity contribution is 5.69. The molecule has 9 nitrogen and oxygen atoms in total. The molecular weight excluding hydrogens is 386 g/mol. The molecule has 2 N–H and O–H groups in total. The number of anilines is 2. The second-order valence-corrected chi connectivity index (χ2v) is 6.38. The molecule has 3 rings (SSSR count). The Bertz CT molecular complexity index is 998. The van der Waals surface area contributed by atoms with Crippen LogP contribution in [0.2, 0.25) is 0 Å². The Kier molecular flexibility index (Phi) is 6.99. The standard InChI is InChI=1S/C21H23N5O4/c1-29-17-9-8-15(12-18(17)30-2)10-11-22-20-19(26(27)28)21(25-14-24-20)23-13-16-6-4-3-5-7-16/h3-9,12,14H,10-11,13H2,1-2H3,(H2,22,23,24,25). The summed E-state index contributed by atoms with van der Waals surface area (Å²) in [6.45, 7) is 0.870. The van der Waals surface area contributed by atoms with E-state index < -0.39 is 4.92 Å². The lowest BCUT2D eigenvalue weighted by atomic mass is 10.1. The fraction of sp³-hybridized carbons (Fsp3) is 0.238. The highest BCUT2D eigenvalue weighted by Gasteiger charge is 2.22. The maximum absolute atomic E-state index is 11.7. The van der Waals surface area contributed by atoms with Gasteiger partial charge < -0.3 is 20.1 Å². The third-order valence-electron chi connectivity index (χ3n) is 4.46. The van der Waals surface area contributed by atoms with Crippen molar-refractivity contribution in [1.82, 2.24) is 9.97 Å². The van der Waals surface area contributed by atoms with Crippen LogP contribution in [0.5, 0.6) is 11.5 Å². The van der Waals surface area contributed by atoms with E-state index in [1.54, 1.807) is 14.2 Å². The van der Waals surface area contributed by atoms with Gasteiger partial charge in [-0.1, -0.05) is 36.4 Å². The minimum Gasteiger partial charge on any atom is -0.493 e. The molecule has 9 heteroatoms. The van der Waals surface area contributed by atoms with Crippen LogP contribution in [-0.2, 0) is 13.0 Å².